The minimum absolute atomic E-state index is 0.210. The van der Waals surface area contributed by atoms with E-state index in [2.05, 4.69) is 26.0 Å². The fourth-order valence-electron chi connectivity index (χ4n) is 1.10. The lowest BCUT2D eigenvalue weighted by molar-refractivity contribution is 0.599. The van der Waals surface area contributed by atoms with Gasteiger partial charge in [-0.1, -0.05) is 0 Å². The average Bonchev–Trinajstić information content (AvgIpc) is 2.51. The zero-order valence-corrected chi connectivity index (χ0v) is 8.99. The van der Waals surface area contributed by atoms with Crippen LogP contribution in [0.3, 0.4) is 0 Å². The van der Waals surface area contributed by atoms with E-state index in [0.29, 0.717) is 4.47 Å². The maximum atomic E-state index is 13.4. The molecule has 0 spiro atoms. The summed E-state index contributed by atoms with van der Waals surface area (Å²) in [6.45, 7) is 1.89. The number of halogens is 2. The third kappa shape index (κ3) is 1.68. The highest BCUT2D eigenvalue weighted by Gasteiger charge is 2.07. The molecule has 2 aromatic rings. The van der Waals surface area contributed by atoms with Crippen molar-refractivity contribution < 1.29 is 4.39 Å². The Bertz CT molecular complexity index is 467. The van der Waals surface area contributed by atoms with Gasteiger partial charge in [-0.15, -0.1) is 0 Å². The van der Waals surface area contributed by atoms with E-state index >= 15 is 0 Å². The van der Waals surface area contributed by atoms with Crippen molar-refractivity contribution in [3.63, 3.8) is 0 Å². The Kier molecular flexibility index (Phi) is 2.33. The molecule has 0 bridgehead atoms. The highest BCUT2D eigenvalue weighted by molar-refractivity contribution is 9.10. The molecule has 0 fully saturated rings. The van der Waals surface area contributed by atoms with E-state index in [-0.39, 0.29) is 5.82 Å². The number of nitrogens with zero attached hydrogens (tertiary/aromatic N) is 3. The first-order chi connectivity index (χ1) is 6.66. The second-order valence-electron chi connectivity index (χ2n) is 2.92. The van der Waals surface area contributed by atoms with Gasteiger partial charge in [-0.2, -0.15) is 5.10 Å². The van der Waals surface area contributed by atoms with Crippen LogP contribution in [0, 0.1) is 12.7 Å². The smallest absolute Gasteiger partial charge is 0.189 e. The standard InChI is InChI=1S/C9H7BrFN3/c1-6-3-13-14(5-6)9-8(11)2-7(10)4-12-9/h2-5H,1H3. The largest absolute Gasteiger partial charge is 0.233 e. The number of aryl methyl sites for hydroxylation is 1. The number of aromatic nitrogens is 3. The molecule has 0 aliphatic carbocycles. The molecule has 0 aromatic carbocycles. The first kappa shape index (κ1) is 9.33. The van der Waals surface area contributed by atoms with E-state index < -0.39 is 5.82 Å². The summed E-state index contributed by atoms with van der Waals surface area (Å²) < 4.78 is 15.4. The van der Waals surface area contributed by atoms with Crippen molar-refractivity contribution in [3.05, 3.63) is 40.5 Å². The molecule has 0 saturated heterocycles. The van der Waals surface area contributed by atoms with E-state index in [0.717, 1.165) is 5.56 Å². The second kappa shape index (κ2) is 3.49. The van der Waals surface area contributed by atoms with Gasteiger partial charge in [-0.3, -0.25) is 0 Å². The number of pyridine rings is 1. The average molecular weight is 256 g/mol. The van der Waals surface area contributed by atoms with Crippen LogP contribution in [-0.2, 0) is 0 Å². The van der Waals surface area contributed by atoms with E-state index in [1.807, 2.05) is 6.92 Å². The summed E-state index contributed by atoms with van der Waals surface area (Å²) >= 11 is 3.14. The molecule has 2 rings (SSSR count). The molecule has 0 atom stereocenters. The molecule has 14 heavy (non-hydrogen) atoms. The quantitative estimate of drug-likeness (QED) is 0.784. The Morgan fingerprint density at radius 2 is 2.21 bits per heavy atom. The highest BCUT2D eigenvalue weighted by Crippen LogP contribution is 2.15. The molecule has 0 radical (unpaired) electrons. The summed E-state index contributed by atoms with van der Waals surface area (Å²) in [6.07, 6.45) is 4.91. The molecule has 5 heteroatoms. The van der Waals surface area contributed by atoms with Gasteiger partial charge >= 0.3 is 0 Å². The summed E-state index contributed by atoms with van der Waals surface area (Å²) in [6, 6.07) is 1.36. The molecule has 0 N–H and O–H groups in total. The van der Waals surface area contributed by atoms with Gasteiger partial charge in [0.05, 0.1) is 6.20 Å². The molecule has 0 saturated carbocycles. The van der Waals surface area contributed by atoms with Crippen LogP contribution in [0.4, 0.5) is 4.39 Å². The maximum Gasteiger partial charge on any atom is 0.189 e. The number of hydrogen-bond donors (Lipinski definition) is 0. The lowest BCUT2D eigenvalue weighted by atomic mass is 10.4. The van der Waals surface area contributed by atoms with E-state index in [1.165, 1.54) is 16.9 Å². The van der Waals surface area contributed by atoms with E-state index in [9.17, 15) is 4.39 Å². The molecule has 0 amide bonds. The zero-order chi connectivity index (χ0) is 10.1. The predicted molar refractivity (Wildman–Crippen MR) is 53.8 cm³/mol. The van der Waals surface area contributed by atoms with Crippen molar-refractivity contribution in [1.29, 1.82) is 0 Å². The van der Waals surface area contributed by atoms with Crippen molar-refractivity contribution in [1.82, 2.24) is 14.8 Å². The molecule has 0 aliphatic heterocycles. The van der Waals surface area contributed by atoms with Gasteiger partial charge in [-0.25, -0.2) is 14.1 Å². The van der Waals surface area contributed by atoms with Crippen LogP contribution in [0.1, 0.15) is 5.56 Å². The van der Waals surface area contributed by atoms with Gasteiger partial charge in [0.25, 0.3) is 0 Å². The van der Waals surface area contributed by atoms with Crippen molar-refractivity contribution in [3.8, 4) is 5.82 Å². The van der Waals surface area contributed by atoms with Crippen LogP contribution in [0.25, 0.3) is 5.82 Å². The second-order valence-corrected chi connectivity index (χ2v) is 3.84. The minimum atomic E-state index is -0.400. The summed E-state index contributed by atoms with van der Waals surface area (Å²) in [5.41, 5.74) is 0.967. The normalized spacial score (nSPS) is 10.5. The van der Waals surface area contributed by atoms with Gasteiger partial charge in [0.1, 0.15) is 0 Å². The van der Waals surface area contributed by atoms with Crippen LogP contribution >= 0.6 is 15.9 Å². The molecular formula is C9H7BrFN3. The van der Waals surface area contributed by atoms with E-state index in [1.54, 1.807) is 12.4 Å². The van der Waals surface area contributed by atoms with Gasteiger partial charge in [0.15, 0.2) is 11.6 Å². The fourth-order valence-corrected chi connectivity index (χ4v) is 1.41. The highest BCUT2D eigenvalue weighted by atomic mass is 79.9. The van der Waals surface area contributed by atoms with Crippen LogP contribution in [0.5, 0.6) is 0 Å². The number of rotatable bonds is 1. The van der Waals surface area contributed by atoms with Gasteiger partial charge in [-0.05, 0) is 34.5 Å². The molecule has 72 valence electrons. The first-order valence-electron chi connectivity index (χ1n) is 3.99. The Balaban J connectivity index is 2.52. The van der Waals surface area contributed by atoms with Gasteiger partial charge < -0.3 is 0 Å². The zero-order valence-electron chi connectivity index (χ0n) is 7.41. The summed E-state index contributed by atoms with van der Waals surface area (Å²) in [7, 11) is 0. The molecule has 2 aromatic heterocycles. The van der Waals surface area contributed by atoms with Gasteiger partial charge in [0, 0.05) is 16.9 Å². The lowest BCUT2D eigenvalue weighted by Gasteiger charge is -2.01. The summed E-state index contributed by atoms with van der Waals surface area (Å²) in [5, 5.41) is 3.98. The third-order valence-electron chi connectivity index (χ3n) is 1.72. The molecule has 0 aliphatic rings. The Hall–Kier alpha value is -1.23. The van der Waals surface area contributed by atoms with Crippen LogP contribution in [-0.4, -0.2) is 14.8 Å². The Morgan fingerprint density at radius 1 is 1.43 bits per heavy atom. The third-order valence-corrected chi connectivity index (χ3v) is 2.15. The van der Waals surface area contributed by atoms with Crippen molar-refractivity contribution in [2.75, 3.05) is 0 Å². The van der Waals surface area contributed by atoms with E-state index in [4.69, 9.17) is 0 Å². The van der Waals surface area contributed by atoms with Gasteiger partial charge in [0.2, 0.25) is 0 Å². The minimum Gasteiger partial charge on any atom is -0.233 e. The molecular weight excluding hydrogens is 249 g/mol. The van der Waals surface area contributed by atoms with Crippen molar-refractivity contribution in [2.45, 2.75) is 6.92 Å². The molecule has 3 nitrogen and oxygen atoms in total. The Morgan fingerprint density at radius 3 is 2.79 bits per heavy atom. The topological polar surface area (TPSA) is 30.7 Å². The summed E-state index contributed by atoms with van der Waals surface area (Å²) in [4.78, 5) is 3.94. The fraction of sp³-hybridized carbons (Fsp3) is 0.111. The molecule has 0 unspecified atom stereocenters. The first-order valence-corrected chi connectivity index (χ1v) is 4.79. The van der Waals surface area contributed by atoms with Crippen molar-refractivity contribution >= 4 is 15.9 Å². The molecule has 2 heterocycles. The SMILES string of the molecule is Cc1cnn(-c2ncc(Br)cc2F)c1. The van der Waals surface area contributed by atoms with Crippen LogP contribution in [0.15, 0.2) is 29.1 Å². The maximum absolute atomic E-state index is 13.4. The monoisotopic (exact) mass is 255 g/mol. The number of hydrogen-bond acceptors (Lipinski definition) is 2. The summed E-state index contributed by atoms with van der Waals surface area (Å²) in [5.74, 6) is -0.191. The Labute approximate surface area is 88.7 Å². The lowest BCUT2D eigenvalue weighted by Crippen LogP contribution is -2.01. The van der Waals surface area contributed by atoms with Crippen LogP contribution in [0.2, 0.25) is 0 Å². The van der Waals surface area contributed by atoms with Crippen LogP contribution < -0.4 is 0 Å². The predicted octanol–water partition coefficient (Wildman–Crippen LogP) is 2.48. The van der Waals surface area contributed by atoms with Crippen molar-refractivity contribution in [2.24, 2.45) is 0 Å².